The van der Waals surface area contributed by atoms with Crippen molar-refractivity contribution in [2.24, 2.45) is 0 Å². The number of benzene rings is 1. The molecule has 0 radical (unpaired) electrons. The van der Waals surface area contributed by atoms with E-state index in [4.69, 9.17) is 4.74 Å². The number of carbonyl (C=O) groups is 1. The number of carbonyl (C=O) groups excluding carboxylic acids is 1. The third-order valence-electron chi connectivity index (χ3n) is 3.35. The van der Waals surface area contributed by atoms with Crippen LogP contribution < -0.4 is 10.1 Å². The molecule has 2 N–H and O–H groups in total. The van der Waals surface area contributed by atoms with Gasteiger partial charge in [-0.15, -0.1) is 0 Å². The molecule has 2 heterocycles. The van der Waals surface area contributed by atoms with E-state index in [1.54, 1.807) is 24.7 Å². The molecular weight excluding hydrogens is 270 g/mol. The SMILES string of the molecule is O=C(NCc1cnccn1)C(O)c1cccc2c1OCC2. The topological polar surface area (TPSA) is 84.3 Å². The van der Waals surface area contributed by atoms with Crippen molar-refractivity contribution in [3.63, 3.8) is 0 Å². The van der Waals surface area contributed by atoms with Crippen molar-refractivity contribution in [1.29, 1.82) is 0 Å². The van der Waals surface area contributed by atoms with Crippen molar-refractivity contribution < 1.29 is 14.6 Å². The normalized spacial score (nSPS) is 14.1. The molecule has 3 rings (SSSR count). The Morgan fingerprint density at radius 3 is 3.14 bits per heavy atom. The van der Waals surface area contributed by atoms with Crippen LogP contribution in [0.5, 0.6) is 5.75 Å². The van der Waals surface area contributed by atoms with Gasteiger partial charge in [0.2, 0.25) is 0 Å². The molecule has 6 nitrogen and oxygen atoms in total. The minimum atomic E-state index is -1.25. The summed E-state index contributed by atoms with van der Waals surface area (Å²) < 4.78 is 5.50. The van der Waals surface area contributed by atoms with Crippen LogP contribution in [0.3, 0.4) is 0 Å². The van der Waals surface area contributed by atoms with E-state index in [0.29, 0.717) is 23.6 Å². The van der Waals surface area contributed by atoms with Gasteiger partial charge in [-0.25, -0.2) is 0 Å². The number of aromatic nitrogens is 2. The largest absolute Gasteiger partial charge is 0.493 e. The number of ether oxygens (including phenoxy) is 1. The Labute approximate surface area is 121 Å². The summed E-state index contributed by atoms with van der Waals surface area (Å²) in [4.78, 5) is 20.0. The molecule has 1 aliphatic heterocycles. The fourth-order valence-corrected chi connectivity index (χ4v) is 2.29. The highest BCUT2D eigenvalue weighted by molar-refractivity contribution is 5.82. The Morgan fingerprint density at radius 1 is 1.43 bits per heavy atom. The lowest BCUT2D eigenvalue weighted by atomic mass is 10.0. The molecule has 1 aliphatic rings. The van der Waals surface area contributed by atoms with E-state index >= 15 is 0 Å². The lowest BCUT2D eigenvalue weighted by molar-refractivity contribution is -0.129. The number of nitrogens with one attached hydrogen (secondary N) is 1. The monoisotopic (exact) mass is 285 g/mol. The van der Waals surface area contributed by atoms with Crippen LogP contribution in [0.1, 0.15) is 22.9 Å². The zero-order valence-electron chi connectivity index (χ0n) is 11.3. The molecule has 1 amide bonds. The predicted molar refractivity (Wildman–Crippen MR) is 74.5 cm³/mol. The van der Waals surface area contributed by atoms with Gasteiger partial charge in [0.1, 0.15) is 5.75 Å². The van der Waals surface area contributed by atoms with Gasteiger partial charge in [-0.1, -0.05) is 18.2 Å². The van der Waals surface area contributed by atoms with E-state index in [1.807, 2.05) is 12.1 Å². The van der Waals surface area contributed by atoms with E-state index in [0.717, 1.165) is 12.0 Å². The van der Waals surface area contributed by atoms with Gasteiger partial charge in [0.05, 0.1) is 25.0 Å². The summed E-state index contributed by atoms with van der Waals surface area (Å²) in [7, 11) is 0. The third-order valence-corrected chi connectivity index (χ3v) is 3.35. The summed E-state index contributed by atoms with van der Waals surface area (Å²) in [6.07, 6.45) is 4.22. The maximum Gasteiger partial charge on any atom is 0.253 e. The van der Waals surface area contributed by atoms with Gasteiger partial charge in [0, 0.05) is 24.4 Å². The number of amides is 1. The smallest absolute Gasteiger partial charge is 0.253 e. The Balaban J connectivity index is 1.69. The van der Waals surface area contributed by atoms with E-state index < -0.39 is 12.0 Å². The van der Waals surface area contributed by atoms with Crippen molar-refractivity contribution in [1.82, 2.24) is 15.3 Å². The lowest BCUT2D eigenvalue weighted by Crippen LogP contribution is -2.29. The first-order chi connectivity index (χ1) is 10.3. The molecule has 0 bridgehead atoms. The number of rotatable bonds is 4. The van der Waals surface area contributed by atoms with Gasteiger partial charge in [-0.3, -0.25) is 14.8 Å². The fourth-order valence-electron chi connectivity index (χ4n) is 2.29. The number of hydrogen-bond donors (Lipinski definition) is 2. The standard InChI is InChI=1S/C15H15N3O3/c19-13(12-3-1-2-10-4-7-21-14(10)12)15(20)18-9-11-8-16-5-6-17-11/h1-3,5-6,8,13,19H,4,7,9H2,(H,18,20). The van der Waals surface area contributed by atoms with Crippen LogP contribution in [0.15, 0.2) is 36.8 Å². The van der Waals surface area contributed by atoms with E-state index in [-0.39, 0.29) is 6.54 Å². The number of aliphatic hydroxyl groups is 1. The van der Waals surface area contributed by atoms with Crippen molar-refractivity contribution >= 4 is 5.91 Å². The molecular formula is C15H15N3O3. The summed E-state index contributed by atoms with van der Waals surface area (Å²) in [5.41, 5.74) is 2.16. The Bertz CT molecular complexity index is 646. The summed E-state index contributed by atoms with van der Waals surface area (Å²) in [6.45, 7) is 0.805. The van der Waals surface area contributed by atoms with Crippen LogP contribution in [0.4, 0.5) is 0 Å². The summed E-state index contributed by atoms with van der Waals surface area (Å²) in [5, 5.41) is 12.8. The summed E-state index contributed by atoms with van der Waals surface area (Å²) >= 11 is 0. The number of para-hydroxylation sites is 1. The van der Waals surface area contributed by atoms with Crippen LogP contribution in [-0.4, -0.2) is 27.6 Å². The molecule has 1 aromatic heterocycles. The minimum absolute atomic E-state index is 0.222. The van der Waals surface area contributed by atoms with Crippen molar-refractivity contribution in [3.8, 4) is 5.75 Å². The van der Waals surface area contributed by atoms with Crippen LogP contribution in [0, 0.1) is 0 Å². The maximum atomic E-state index is 12.1. The number of aliphatic hydroxyl groups excluding tert-OH is 1. The van der Waals surface area contributed by atoms with Crippen molar-refractivity contribution in [2.75, 3.05) is 6.61 Å². The molecule has 21 heavy (non-hydrogen) atoms. The van der Waals surface area contributed by atoms with Gasteiger partial charge in [-0.05, 0) is 5.56 Å². The Kier molecular flexibility index (Phi) is 3.79. The Morgan fingerprint density at radius 2 is 2.33 bits per heavy atom. The molecule has 0 fully saturated rings. The first kappa shape index (κ1) is 13.5. The van der Waals surface area contributed by atoms with Gasteiger partial charge >= 0.3 is 0 Å². The molecule has 2 aromatic rings. The summed E-state index contributed by atoms with van der Waals surface area (Å²) in [6, 6.07) is 5.47. The maximum absolute atomic E-state index is 12.1. The average molecular weight is 285 g/mol. The molecule has 108 valence electrons. The highest BCUT2D eigenvalue weighted by Gasteiger charge is 2.25. The Hall–Kier alpha value is -2.47. The first-order valence-electron chi connectivity index (χ1n) is 6.71. The van der Waals surface area contributed by atoms with E-state index in [2.05, 4.69) is 15.3 Å². The first-order valence-corrected chi connectivity index (χ1v) is 6.71. The van der Waals surface area contributed by atoms with Gasteiger partial charge < -0.3 is 15.2 Å². The molecule has 6 heteroatoms. The van der Waals surface area contributed by atoms with Crippen molar-refractivity contribution in [3.05, 3.63) is 53.6 Å². The quantitative estimate of drug-likeness (QED) is 0.866. The molecule has 0 aliphatic carbocycles. The lowest BCUT2D eigenvalue weighted by Gasteiger charge is -2.14. The number of hydrogen-bond acceptors (Lipinski definition) is 5. The number of fused-ring (bicyclic) bond motifs is 1. The second-order valence-corrected chi connectivity index (χ2v) is 4.75. The van der Waals surface area contributed by atoms with Gasteiger partial charge in [0.25, 0.3) is 5.91 Å². The second-order valence-electron chi connectivity index (χ2n) is 4.75. The zero-order valence-corrected chi connectivity index (χ0v) is 11.3. The second kappa shape index (κ2) is 5.88. The van der Waals surface area contributed by atoms with Crippen LogP contribution >= 0.6 is 0 Å². The minimum Gasteiger partial charge on any atom is -0.493 e. The number of nitrogens with zero attached hydrogens (tertiary/aromatic N) is 2. The van der Waals surface area contributed by atoms with Crippen molar-refractivity contribution in [2.45, 2.75) is 19.1 Å². The fraction of sp³-hybridized carbons (Fsp3) is 0.267. The third kappa shape index (κ3) is 2.85. The van der Waals surface area contributed by atoms with Crippen LogP contribution in [-0.2, 0) is 17.8 Å². The van der Waals surface area contributed by atoms with E-state index in [1.165, 1.54) is 0 Å². The molecule has 1 unspecified atom stereocenters. The average Bonchev–Trinajstić information content (AvgIpc) is 3.01. The molecule has 1 atom stereocenters. The van der Waals surface area contributed by atoms with Gasteiger partial charge in [-0.2, -0.15) is 0 Å². The highest BCUT2D eigenvalue weighted by atomic mass is 16.5. The molecule has 0 spiro atoms. The molecule has 0 saturated heterocycles. The molecule has 1 aromatic carbocycles. The van der Waals surface area contributed by atoms with Crippen LogP contribution in [0.25, 0.3) is 0 Å². The predicted octanol–water partition coefficient (Wildman–Crippen LogP) is 0.761. The summed E-state index contributed by atoms with van der Waals surface area (Å²) in [5.74, 6) is 0.143. The van der Waals surface area contributed by atoms with Gasteiger partial charge in [0.15, 0.2) is 6.10 Å². The van der Waals surface area contributed by atoms with E-state index in [9.17, 15) is 9.90 Å². The molecule has 0 saturated carbocycles. The zero-order chi connectivity index (χ0) is 14.7. The van der Waals surface area contributed by atoms with Crippen LogP contribution in [0.2, 0.25) is 0 Å². The highest BCUT2D eigenvalue weighted by Crippen LogP contribution is 2.33.